The first kappa shape index (κ1) is 13.1. The summed E-state index contributed by atoms with van der Waals surface area (Å²) < 4.78 is 1.63. The van der Waals surface area contributed by atoms with Gasteiger partial charge in [-0.25, -0.2) is 0 Å². The third-order valence-electron chi connectivity index (χ3n) is 2.33. The Kier molecular flexibility index (Phi) is 4.04. The Balaban J connectivity index is 2.27. The van der Waals surface area contributed by atoms with E-state index in [2.05, 4.69) is 37.2 Å². The molecule has 0 spiro atoms. The molecule has 18 heavy (non-hydrogen) atoms. The van der Waals surface area contributed by atoms with E-state index in [9.17, 15) is 9.90 Å². The molecule has 0 fully saturated rings. The predicted molar refractivity (Wildman–Crippen MR) is 77.9 cm³/mol. The first-order chi connectivity index (χ1) is 8.58. The number of nitrogens with one attached hydrogen (secondary N) is 1. The van der Waals surface area contributed by atoms with Crippen LogP contribution in [0.3, 0.4) is 0 Å². The largest absolute Gasteiger partial charge is 0.507 e. The van der Waals surface area contributed by atoms with Crippen LogP contribution in [-0.4, -0.2) is 11.0 Å². The molecular formula is C13H9Br2NO2. The summed E-state index contributed by atoms with van der Waals surface area (Å²) in [6.07, 6.45) is 0. The van der Waals surface area contributed by atoms with Gasteiger partial charge in [-0.05, 0) is 46.3 Å². The van der Waals surface area contributed by atoms with Gasteiger partial charge in [-0.15, -0.1) is 0 Å². The van der Waals surface area contributed by atoms with Gasteiger partial charge in [0.2, 0.25) is 0 Å². The molecule has 0 heterocycles. The Hall–Kier alpha value is -1.33. The van der Waals surface area contributed by atoms with E-state index in [1.807, 2.05) is 12.1 Å². The van der Waals surface area contributed by atoms with Crippen LogP contribution in [0, 0.1) is 0 Å². The van der Waals surface area contributed by atoms with Crippen molar-refractivity contribution in [1.29, 1.82) is 0 Å². The van der Waals surface area contributed by atoms with E-state index in [0.29, 0.717) is 5.69 Å². The molecule has 0 bridgehead atoms. The minimum Gasteiger partial charge on any atom is -0.507 e. The van der Waals surface area contributed by atoms with Crippen molar-refractivity contribution in [3.63, 3.8) is 0 Å². The molecule has 2 rings (SSSR count). The average Bonchev–Trinajstić information content (AvgIpc) is 2.34. The number of hydrogen-bond acceptors (Lipinski definition) is 2. The first-order valence-electron chi connectivity index (χ1n) is 5.12. The van der Waals surface area contributed by atoms with Gasteiger partial charge in [0.05, 0.1) is 11.3 Å². The van der Waals surface area contributed by atoms with Crippen LogP contribution in [0.15, 0.2) is 51.4 Å². The lowest BCUT2D eigenvalue weighted by Gasteiger charge is -2.08. The van der Waals surface area contributed by atoms with Crippen molar-refractivity contribution in [2.24, 2.45) is 0 Å². The van der Waals surface area contributed by atoms with Crippen LogP contribution in [-0.2, 0) is 0 Å². The van der Waals surface area contributed by atoms with Crippen molar-refractivity contribution in [3.8, 4) is 5.75 Å². The third kappa shape index (κ3) is 2.91. The lowest BCUT2D eigenvalue weighted by atomic mass is 10.2. The highest BCUT2D eigenvalue weighted by atomic mass is 79.9. The van der Waals surface area contributed by atoms with Crippen molar-refractivity contribution in [2.75, 3.05) is 5.32 Å². The highest BCUT2D eigenvalue weighted by Gasteiger charge is 2.11. The molecule has 2 aromatic rings. The molecule has 0 saturated carbocycles. The maximum Gasteiger partial charge on any atom is 0.259 e. The SMILES string of the molecule is O=C(Nc1cc(Br)ccc1Br)c1ccccc1O. The Morgan fingerprint density at radius 1 is 1.11 bits per heavy atom. The average molecular weight is 371 g/mol. The van der Waals surface area contributed by atoms with Crippen LogP contribution >= 0.6 is 31.9 Å². The number of phenolic OH excluding ortho intramolecular Hbond substituents is 1. The number of halogens is 2. The number of phenols is 1. The van der Waals surface area contributed by atoms with Gasteiger partial charge in [0.15, 0.2) is 0 Å². The quantitative estimate of drug-likeness (QED) is 0.833. The molecule has 5 heteroatoms. The number of hydrogen-bond donors (Lipinski definition) is 2. The maximum atomic E-state index is 12.0. The van der Waals surface area contributed by atoms with Gasteiger partial charge >= 0.3 is 0 Å². The number of amides is 1. The monoisotopic (exact) mass is 369 g/mol. The standard InChI is InChI=1S/C13H9Br2NO2/c14-8-5-6-10(15)11(7-8)16-13(18)9-3-1-2-4-12(9)17/h1-7,17H,(H,16,18). The summed E-state index contributed by atoms with van der Waals surface area (Å²) >= 11 is 6.69. The van der Waals surface area contributed by atoms with Crippen LogP contribution in [0.2, 0.25) is 0 Å². The van der Waals surface area contributed by atoms with Crippen LogP contribution in [0.25, 0.3) is 0 Å². The molecule has 0 unspecified atom stereocenters. The fraction of sp³-hybridized carbons (Fsp3) is 0. The summed E-state index contributed by atoms with van der Waals surface area (Å²) in [5, 5.41) is 12.3. The molecule has 0 saturated heterocycles. The third-order valence-corrected chi connectivity index (χ3v) is 3.51. The van der Waals surface area contributed by atoms with Gasteiger partial charge in [0.25, 0.3) is 5.91 Å². The normalized spacial score (nSPS) is 10.1. The Morgan fingerprint density at radius 3 is 2.56 bits per heavy atom. The Morgan fingerprint density at radius 2 is 1.83 bits per heavy atom. The highest BCUT2D eigenvalue weighted by molar-refractivity contribution is 9.11. The molecule has 0 radical (unpaired) electrons. The maximum absolute atomic E-state index is 12.0. The molecular weight excluding hydrogens is 362 g/mol. The van der Waals surface area contributed by atoms with Gasteiger partial charge in [0, 0.05) is 8.95 Å². The molecule has 2 aromatic carbocycles. The minimum absolute atomic E-state index is 0.0406. The zero-order chi connectivity index (χ0) is 13.1. The number of aromatic hydroxyl groups is 1. The van der Waals surface area contributed by atoms with Crippen molar-refractivity contribution in [3.05, 3.63) is 57.0 Å². The molecule has 0 aliphatic heterocycles. The predicted octanol–water partition coefficient (Wildman–Crippen LogP) is 4.17. The van der Waals surface area contributed by atoms with E-state index in [1.54, 1.807) is 24.3 Å². The van der Waals surface area contributed by atoms with E-state index in [1.165, 1.54) is 6.07 Å². The van der Waals surface area contributed by atoms with Gasteiger partial charge in [-0.2, -0.15) is 0 Å². The molecule has 0 atom stereocenters. The van der Waals surface area contributed by atoms with Gasteiger partial charge in [0.1, 0.15) is 5.75 Å². The van der Waals surface area contributed by atoms with Crippen molar-refractivity contribution in [2.45, 2.75) is 0 Å². The number of carbonyl (C=O) groups excluding carboxylic acids is 1. The van der Waals surface area contributed by atoms with E-state index >= 15 is 0 Å². The summed E-state index contributed by atoms with van der Waals surface area (Å²) in [7, 11) is 0. The topological polar surface area (TPSA) is 49.3 Å². The van der Waals surface area contributed by atoms with Crippen LogP contribution < -0.4 is 5.32 Å². The van der Waals surface area contributed by atoms with Gasteiger partial charge in [-0.1, -0.05) is 28.1 Å². The smallest absolute Gasteiger partial charge is 0.259 e. The van der Waals surface area contributed by atoms with Crippen LogP contribution in [0.5, 0.6) is 5.75 Å². The zero-order valence-corrected chi connectivity index (χ0v) is 12.3. The van der Waals surface area contributed by atoms with Crippen molar-refractivity contribution < 1.29 is 9.90 Å². The molecule has 1 amide bonds. The van der Waals surface area contributed by atoms with Gasteiger partial charge in [-0.3, -0.25) is 4.79 Å². The second-order valence-corrected chi connectivity index (χ2v) is 5.37. The zero-order valence-electron chi connectivity index (χ0n) is 9.15. The van der Waals surface area contributed by atoms with E-state index in [-0.39, 0.29) is 17.2 Å². The van der Waals surface area contributed by atoms with E-state index < -0.39 is 0 Å². The Bertz CT molecular complexity index is 599. The Labute approximate surface area is 121 Å². The summed E-state index contributed by atoms with van der Waals surface area (Å²) in [6, 6.07) is 11.9. The number of benzene rings is 2. The number of carbonyl (C=O) groups is 1. The first-order valence-corrected chi connectivity index (χ1v) is 6.71. The number of rotatable bonds is 2. The summed E-state index contributed by atoms with van der Waals surface area (Å²) in [6.45, 7) is 0. The fourth-order valence-corrected chi connectivity index (χ4v) is 2.16. The van der Waals surface area contributed by atoms with Crippen molar-refractivity contribution >= 4 is 43.5 Å². The minimum atomic E-state index is -0.355. The fourth-order valence-electron chi connectivity index (χ4n) is 1.45. The lowest BCUT2D eigenvalue weighted by Crippen LogP contribution is -2.12. The van der Waals surface area contributed by atoms with E-state index in [4.69, 9.17) is 0 Å². The number of para-hydroxylation sites is 1. The molecule has 3 nitrogen and oxygen atoms in total. The second-order valence-electron chi connectivity index (χ2n) is 3.60. The molecule has 0 aliphatic rings. The summed E-state index contributed by atoms with van der Waals surface area (Å²) in [4.78, 5) is 12.0. The summed E-state index contributed by atoms with van der Waals surface area (Å²) in [5.74, 6) is -0.395. The van der Waals surface area contributed by atoms with E-state index in [0.717, 1.165) is 8.95 Å². The van der Waals surface area contributed by atoms with Crippen molar-refractivity contribution in [1.82, 2.24) is 0 Å². The molecule has 0 aromatic heterocycles. The van der Waals surface area contributed by atoms with Crippen LogP contribution in [0.4, 0.5) is 5.69 Å². The lowest BCUT2D eigenvalue weighted by molar-refractivity contribution is 0.102. The second kappa shape index (κ2) is 5.54. The molecule has 0 aliphatic carbocycles. The van der Waals surface area contributed by atoms with Gasteiger partial charge < -0.3 is 10.4 Å². The van der Waals surface area contributed by atoms with Crippen LogP contribution in [0.1, 0.15) is 10.4 Å². The molecule has 2 N–H and O–H groups in total. The number of anilines is 1. The summed E-state index contributed by atoms with van der Waals surface area (Å²) in [5.41, 5.74) is 0.877. The highest BCUT2D eigenvalue weighted by Crippen LogP contribution is 2.27. The molecule has 92 valence electrons.